The van der Waals surface area contributed by atoms with Gasteiger partial charge in [0, 0.05) is 17.5 Å². The first-order valence-corrected chi connectivity index (χ1v) is 9.61. The van der Waals surface area contributed by atoms with Gasteiger partial charge in [0.15, 0.2) is 0 Å². The zero-order valence-electron chi connectivity index (χ0n) is 15.0. The summed E-state index contributed by atoms with van der Waals surface area (Å²) in [6.45, 7) is 6.98. The summed E-state index contributed by atoms with van der Waals surface area (Å²) in [5.41, 5.74) is -0.553. The molecule has 1 aromatic heterocycles. The van der Waals surface area contributed by atoms with Gasteiger partial charge in [-0.2, -0.15) is 0 Å². The number of ether oxygens (including phenoxy) is 1. The highest BCUT2D eigenvalue weighted by atomic mass is 31.2. The number of phosphoric acid groups is 1. The molecule has 0 aliphatic carbocycles. The molecule has 0 atom stereocenters. The van der Waals surface area contributed by atoms with Crippen molar-refractivity contribution >= 4 is 24.8 Å². The lowest BCUT2D eigenvalue weighted by atomic mass is 10.1. The summed E-state index contributed by atoms with van der Waals surface area (Å²) in [4.78, 5) is 24.0. The fourth-order valence-corrected chi connectivity index (χ4v) is 3.37. The smallest absolute Gasteiger partial charge is 0.459 e. The summed E-state index contributed by atoms with van der Waals surface area (Å²) in [5, 5.41) is 0.366. The minimum absolute atomic E-state index is 0.0781. The van der Waals surface area contributed by atoms with E-state index in [0.29, 0.717) is 5.39 Å². The van der Waals surface area contributed by atoms with Crippen molar-refractivity contribution in [2.75, 3.05) is 13.2 Å². The number of carbonyl (C=O) groups excluding carboxylic acids is 1. The molecule has 0 saturated heterocycles. The molecule has 0 aliphatic rings. The van der Waals surface area contributed by atoms with Gasteiger partial charge in [-0.3, -0.25) is 9.05 Å². The SMILES string of the molecule is CCOP(=O)(OCC)Oc1ccc2c(C(=O)OC(C)C)cc(=O)oc2c1. The van der Waals surface area contributed by atoms with Crippen LogP contribution in [0.5, 0.6) is 5.75 Å². The van der Waals surface area contributed by atoms with Crippen LogP contribution in [-0.4, -0.2) is 25.3 Å². The zero-order valence-corrected chi connectivity index (χ0v) is 15.9. The van der Waals surface area contributed by atoms with Crippen LogP contribution in [0.15, 0.2) is 33.5 Å². The predicted octanol–water partition coefficient (Wildman–Crippen LogP) is 3.92. The van der Waals surface area contributed by atoms with Gasteiger partial charge in [-0.25, -0.2) is 14.2 Å². The first-order valence-electron chi connectivity index (χ1n) is 8.15. The van der Waals surface area contributed by atoms with E-state index in [1.807, 2.05) is 0 Å². The Morgan fingerprint density at radius 2 is 1.81 bits per heavy atom. The minimum Gasteiger partial charge on any atom is -0.459 e. The summed E-state index contributed by atoms with van der Waals surface area (Å²) in [6.07, 6.45) is -0.337. The minimum atomic E-state index is -3.79. The van der Waals surface area contributed by atoms with E-state index in [1.165, 1.54) is 18.2 Å². The number of carbonyl (C=O) groups is 1. The fraction of sp³-hybridized carbons (Fsp3) is 0.412. The molecular formula is C17H21O8P. The van der Waals surface area contributed by atoms with Crippen LogP contribution >= 0.6 is 7.82 Å². The summed E-state index contributed by atoms with van der Waals surface area (Å²) >= 11 is 0. The molecule has 8 nitrogen and oxygen atoms in total. The molecule has 1 heterocycles. The molecule has 26 heavy (non-hydrogen) atoms. The van der Waals surface area contributed by atoms with Crippen molar-refractivity contribution in [3.05, 3.63) is 40.2 Å². The van der Waals surface area contributed by atoms with Crippen molar-refractivity contribution in [2.24, 2.45) is 0 Å². The van der Waals surface area contributed by atoms with E-state index >= 15 is 0 Å². The zero-order chi connectivity index (χ0) is 19.3. The molecule has 2 aromatic rings. The molecule has 142 valence electrons. The van der Waals surface area contributed by atoms with Crippen LogP contribution < -0.4 is 10.1 Å². The van der Waals surface area contributed by atoms with Gasteiger partial charge < -0.3 is 13.7 Å². The monoisotopic (exact) mass is 384 g/mol. The van der Waals surface area contributed by atoms with Crippen LogP contribution in [0.2, 0.25) is 0 Å². The van der Waals surface area contributed by atoms with Gasteiger partial charge in [-0.15, -0.1) is 0 Å². The Morgan fingerprint density at radius 3 is 2.38 bits per heavy atom. The number of hydrogen-bond donors (Lipinski definition) is 0. The van der Waals surface area contributed by atoms with Crippen LogP contribution in [0.3, 0.4) is 0 Å². The van der Waals surface area contributed by atoms with Gasteiger partial charge in [-0.05, 0) is 39.8 Å². The maximum absolute atomic E-state index is 12.4. The van der Waals surface area contributed by atoms with Crippen LogP contribution in [0.4, 0.5) is 0 Å². The van der Waals surface area contributed by atoms with Crippen molar-refractivity contribution in [3.8, 4) is 5.75 Å². The lowest BCUT2D eigenvalue weighted by molar-refractivity contribution is 0.0379. The molecule has 0 spiro atoms. The average Bonchev–Trinajstić information content (AvgIpc) is 2.53. The molecule has 0 N–H and O–H groups in total. The van der Waals surface area contributed by atoms with Crippen molar-refractivity contribution in [2.45, 2.75) is 33.8 Å². The summed E-state index contributed by atoms with van der Waals surface area (Å²) in [7, 11) is -3.79. The Kier molecular flexibility index (Phi) is 6.58. The van der Waals surface area contributed by atoms with Gasteiger partial charge in [-0.1, -0.05) is 0 Å². The average molecular weight is 384 g/mol. The highest BCUT2D eigenvalue weighted by Crippen LogP contribution is 2.49. The second kappa shape index (κ2) is 8.49. The topological polar surface area (TPSA) is 101 Å². The van der Waals surface area contributed by atoms with Gasteiger partial charge in [0.05, 0.1) is 24.9 Å². The maximum Gasteiger partial charge on any atom is 0.530 e. The molecule has 0 saturated carbocycles. The molecule has 0 aliphatic heterocycles. The second-order valence-electron chi connectivity index (χ2n) is 5.47. The van der Waals surface area contributed by atoms with Crippen LogP contribution in [0.25, 0.3) is 11.0 Å². The quantitative estimate of drug-likeness (QED) is 0.383. The van der Waals surface area contributed by atoms with Crippen molar-refractivity contribution in [1.82, 2.24) is 0 Å². The van der Waals surface area contributed by atoms with Crippen molar-refractivity contribution < 1.29 is 32.1 Å². The van der Waals surface area contributed by atoms with E-state index in [0.717, 1.165) is 6.07 Å². The molecule has 0 bridgehead atoms. The van der Waals surface area contributed by atoms with Gasteiger partial charge >= 0.3 is 19.4 Å². The highest BCUT2D eigenvalue weighted by molar-refractivity contribution is 7.48. The highest BCUT2D eigenvalue weighted by Gasteiger charge is 2.27. The number of hydrogen-bond acceptors (Lipinski definition) is 8. The third-order valence-electron chi connectivity index (χ3n) is 3.07. The number of fused-ring (bicyclic) bond motifs is 1. The van der Waals surface area contributed by atoms with Crippen LogP contribution in [-0.2, 0) is 18.3 Å². The number of phosphoric ester groups is 1. The lowest BCUT2D eigenvalue weighted by Gasteiger charge is -2.17. The van der Waals surface area contributed by atoms with E-state index < -0.39 is 19.4 Å². The van der Waals surface area contributed by atoms with E-state index in [9.17, 15) is 14.2 Å². The Labute approximate surface area is 150 Å². The largest absolute Gasteiger partial charge is 0.530 e. The second-order valence-corrected chi connectivity index (χ2v) is 7.06. The first kappa shape index (κ1) is 20.2. The van der Waals surface area contributed by atoms with Gasteiger partial charge in [0.2, 0.25) is 0 Å². The predicted molar refractivity (Wildman–Crippen MR) is 94.5 cm³/mol. The van der Waals surface area contributed by atoms with E-state index in [1.54, 1.807) is 27.7 Å². The van der Waals surface area contributed by atoms with Gasteiger partial charge in [0.25, 0.3) is 0 Å². The Balaban J connectivity index is 2.44. The van der Waals surface area contributed by atoms with Crippen molar-refractivity contribution in [1.29, 1.82) is 0 Å². The molecule has 0 fully saturated rings. The van der Waals surface area contributed by atoms with E-state index in [2.05, 4.69) is 0 Å². The van der Waals surface area contributed by atoms with Gasteiger partial charge in [0.1, 0.15) is 11.3 Å². The number of benzene rings is 1. The molecule has 9 heteroatoms. The summed E-state index contributed by atoms with van der Waals surface area (Å²) in [5.74, 6) is -0.527. The van der Waals surface area contributed by atoms with E-state index in [4.69, 9.17) is 22.7 Å². The standard InChI is InChI=1S/C17H21O8P/c1-5-21-26(20,22-6-2)25-12-7-8-13-14(17(19)23-11(3)4)10-16(18)24-15(13)9-12/h7-11H,5-6H2,1-4H3. The molecule has 2 rings (SSSR count). The molecule has 0 unspecified atom stereocenters. The maximum atomic E-state index is 12.4. The van der Waals surface area contributed by atoms with Crippen molar-refractivity contribution in [3.63, 3.8) is 0 Å². The Hall–Kier alpha value is -2.15. The van der Waals surface area contributed by atoms with E-state index in [-0.39, 0.29) is 36.2 Å². The molecule has 0 radical (unpaired) electrons. The normalized spacial score (nSPS) is 11.7. The molecular weight excluding hydrogens is 363 g/mol. The lowest BCUT2D eigenvalue weighted by Crippen LogP contribution is -2.14. The Bertz CT molecular complexity index is 876. The Morgan fingerprint density at radius 1 is 1.15 bits per heavy atom. The van der Waals surface area contributed by atoms with Crippen LogP contribution in [0.1, 0.15) is 38.1 Å². The summed E-state index contributed by atoms with van der Waals surface area (Å²) in [6, 6.07) is 5.39. The summed E-state index contributed by atoms with van der Waals surface area (Å²) < 4.78 is 38.2. The third kappa shape index (κ3) is 4.94. The molecule has 1 aromatic carbocycles. The first-order chi connectivity index (χ1) is 12.3. The number of rotatable bonds is 8. The molecule has 0 amide bonds. The van der Waals surface area contributed by atoms with Crippen LogP contribution in [0, 0.1) is 0 Å². The third-order valence-corrected chi connectivity index (χ3v) is 4.65. The number of esters is 1. The fourth-order valence-electron chi connectivity index (χ4n) is 2.18.